The summed E-state index contributed by atoms with van der Waals surface area (Å²) in [4.78, 5) is 12.6. The molecule has 1 saturated carbocycles. The standard InChI is InChI=1S/C20H33N3O3S/c1-12-13(2)15(4)19(16(5)14(12)3)27(25,26)22-10-9-18(24)23-20(6,11-21)17-7-8-17/h17,22H,7-11,21H2,1-6H3,(H,23,24). The number of hydrogen-bond acceptors (Lipinski definition) is 4. The van der Waals surface area contributed by atoms with Crippen molar-refractivity contribution in [3.63, 3.8) is 0 Å². The molecule has 0 heterocycles. The number of carbonyl (C=O) groups excluding carboxylic acids is 1. The number of hydrogen-bond donors (Lipinski definition) is 3. The maximum absolute atomic E-state index is 12.9. The van der Waals surface area contributed by atoms with Crippen LogP contribution >= 0.6 is 0 Å². The second kappa shape index (κ2) is 7.89. The predicted molar refractivity (Wildman–Crippen MR) is 108 cm³/mol. The fourth-order valence-electron chi connectivity index (χ4n) is 3.66. The fourth-order valence-corrected chi connectivity index (χ4v) is 5.29. The molecule has 0 aromatic heterocycles. The molecule has 0 saturated heterocycles. The van der Waals surface area contributed by atoms with Gasteiger partial charge in [0.25, 0.3) is 0 Å². The number of nitrogens with two attached hydrogens (primary N) is 1. The largest absolute Gasteiger partial charge is 0.349 e. The van der Waals surface area contributed by atoms with Crippen LogP contribution in [-0.4, -0.2) is 33.0 Å². The van der Waals surface area contributed by atoms with Crippen LogP contribution in [0, 0.1) is 40.5 Å². The zero-order valence-corrected chi connectivity index (χ0v) is 18.1. The number of benzene rings is 1. The van der Waals surface area contributed by atoms with E-state index in [-0.39, 0.29) is 18.9 Å². The highest BCUT2D eigenvalue weighted by atomic mass is 32.2. The summed E-state index contributed by atoms with van der Waals surface area (Å²) in [7, 11) is -3.69. The van der Waals surface area contributed by atoms with E-state index in [1.807, 2.05) is 41.5 Å². The van der Waals surface area contributed by atoms with Crippen molar-refractivity contribution in [2.24, 2.45) is 11.7 Å². The minimum Gasteiger partial charge on any atom is -0.349 e. The minimum atomic E-state index is -3.69. The van der Waals surface area contributed by atoms with Crippen molar-refractivity contribution in [1.29, 1.82) is 0 Å². The zero-order valence-electron chi connectivity index (χ0n) is 17.3. The van der Waals surface area contributed by atoms with Gasteiger partial charge in [0.15, 0.2) is 0 Å². The molecule has 152 valence electrons. The average Bonchev–Trinajstić information content (AvgIpc) is 3.43. The lowest BCUT2D eigenvalue weighted by Gasteiger charge is -2.29. The number of amides is 1. The SMILES string of the molecule is Cc1c(C)c(C)c(S(=O)(=O)NCCC(=O)NC(C)(CN)C2CC2)c(C)c1C. The van der Waals surface area contributed by atoms with Gasteiger partial charge in [-0.15, -0.1) is 0 Å². The van der Waals surface area contributed by atoms with E-state index in [1.165, 1.54) is 0 Å². The van der Waals surface area contributed by atoms with Crippen LogP contribution < -0.4 is 15.8 Å². The Labute approximate surface area is 163 Å². The summed E-state index contributed by atoms with van der Waals surface area (Å²) in [5.41, 5.74) is 10.0. The Morgan fingerprint density at radius 3 is 1.96 bits per heavy atom. The van der Waals surface area contributed by atoms with Gasteiger partial charge < -0.3 is 11.1 Å². The molecule has 6 nitrogen and oxygen atoms in total. The van der Waals surface area contributed by atoms with Crippen LogP contribution in [0.2, 0.25) is 0 Å². The van der Waals surface area contributed by atoms with Crippen molar-refractivity contribution in [2.45, 2.75) is 71.2 Å². The second-order valence-corrected chi connectivity index (χ2v) is 9.75. The molecule has 1 aliphatic carbocycles. The van der Waals surface area contributed by atoms with Crippen LogP contribution in [0.5, 0.6) is 0 Å². The molecule has 1 aromatic rings. The van der Waals surface area contributed by atoms with Crippen molar-refractivity contribution >= 4 is 15.9 Å². The molecule has 0 spiro atoms. The zero-order chi connectivity index (χ0) is 20.6. The third-order valence-electron chi connectivity index (χ3n) is 6.17. The number of sulfonamides is 1. The first-order valence-corrected chi connectivity index (χ1v) is 11.0. The Morgan fingerprint density at radius 2 is 1.52 bits per heavy atom. The highest BCUT2D eigenvalue weighted by molar-refractivity contribution is 7.89. The Hall–Kier alpha value is -1.44. The maximum atomic E-state index is 12.9. The van der Waals surface area contributed by atoms with Gasteiger partial charge in [-0.1, -0.05) is 0 Å². The molecule has 1 unspecified atom stereocenters. The van der Waals surface area contributed by atoms with Crippen LogP contribution in [0.25, 0.3) is 0 Å². The number of rotatable bonds is 8. The van der Waals surface area contributed by atoms with E-state index in [4.69, 9.17) is 5.73 Å². The van der Waals surface area contributed by atoms with Crippen LogP contribution in [0.15, 0.2) is 4.90 Å². The molecule has 1 amide bonds. The van der Waals surface area contributed by atoms with Gasteiger partial charge in [0.05, 0.1) is 10.4 Å². The van der Waals surface area contributed by atoms with E-state index in [9.17, 15) is 13.2 Å². The van der Waals surface area contributed by atoms with E-state index in [0.717, 1.165) is 40.7 Å². The Bertz CT molecular complexity index is 816. The van der Waals surface area contributed by atoms with Gasteiger partial charge in [0.2, 0.25) is 15.9 Å². The molecule has 27 heavy (non-hydrogen) atoms. The van der Waals surface area contributed by atoms with E-state index in [2.05, 4.69) is 10.0 Å². The first-order valence-electron chi connectivity index (χ1n) is 9.52. The topological polar surface area (TPSA) is 101 Å². The summed E-state index contributed by atoms with van der Waals surface area (Å²) >= 11 is 0. The lowest BCUT2D eigenvalue weighted by atomic mass is 9.95. The number of carbonyl (C=O) groups is 1. The van der Waals surface area contributed by atoms with Crippen molar-refractivity contribution in [3.05, 3.63) is 27.8 Å². The fraction of sp³-hybridized carbons (Fsp3) is 0.650. The molecule has 2 rings (SSSR count). The highest BCUT2D eigenvalue weighted by Gasteiger charge is 2.41. The van der Waals surface area contributed by atoms with Crippen molar-refractivity contribution in [3.8, 4) is 0 Å². The van der Waals surface area contributed by atoms with E-state index >= 15 is 0 Å². The summed E-state index contributed by atoms with van der Waals surface area (Å²) in [5.74, 6) is 0.245. The first-order chi connectivity index (χ1) is 12.4. The third kappa shape index (κ3) is 4.52. The minimum absolute atomic E-state index is 0.0599. The van der Waals surface area contributed by atoms with Gasteiger partial charge in [0.1, 0.15) is 0 Å². The molecule has 1 atom stereocenters. The average molecular weight is 396 g/mol. The lowest BCUT2D eigenvalue weighted by molar-refractivity contribution is -0.122. The molecule has 7 heteroatoms. The van der Waals surface area contributed by atoms with Crippen molar-refractivity contribution in [2.75, 3.05) is 13.1 Å². The number of nitrogens with one attached hydrogen (secondary N) is 2. The summed E-state index contributed by atoms with van der Waals surface area (Å²) in [6, 6.07) is 0. The van der Waals surface area contributed by atoms with Gasteiger partial charge in [-0.2, -0.15) is 0 Å². The van der Waals surface area contributed by atoms with E-state index in [1.54, 1.807) is 0 Å². The quantitative estimate of drug-likeness (QED) is 0.628. The molecule has 4 N–H and O–H groups in total. The maximum Gasteiger partial charge on any atom is 0.241 e. The summed E-state index contributed by atoms with van der Waals surface area (Å²) in [5, 5.41) is 2.98. The molecular formula is C20H33N3O3S. The van der Waals surface area contributed by atoms with Crippen molar-refractivity contribution in [1.82, 2.24) is 10.0 Å². The second-order valence-electron chi connectivity index (χ2n) is 8.05. The molecule has 0 radical (unpaired) electrons. The normalized spacial score (nSPS) is 16.9. The van der Waals surface area contributed by atoms with Gasteiger partial charge >= 0.3 is 0 Å². The summed E-state index contributed by atoms with van der Waals surface area (Å²) in [6.45, 7) is 11.9. The van der Waals surface area contributed by atoms with Gasteiger partial charge in [-0.3, -0.25) is 4.79 Å². The third-order valence-corrected chi connectivity index (χ3v) is 7.91. The summed E-state index contributed by atoms with van der Waals surface area (Å²) < 4.78 is 28.3. The van der Waals surface area contributed by atoms with Gasteiger partial charge in [0, 0.05) is 19.5 Å². The van der Waals surface area contributed by atoms with Gasteiger partial charge in [-0.25, -0.2) is 13.1 Å². The molecule has 1 aliphatic rings. The Kier molecular flexibility index (Phi) is 6.39. The van der Waals surface area contributed by atoms with E-state index < -0.39 is 15.6 Å². The van der Waals surface area contributed by atoms with Crippen LogP contribution in [0.3, 0.4) is 0 Å². The Morgan fingerprint density at radius 1 is 1.04 bits per heavy atom. The van der Waals surface area contributed by atoms with E-state index in [0.29, 0.717) is 17.4 Å². The first kappa shape index (κ1) is 21.9. The van der Waals surface area contributed by atoms with Crippen molar-refractivity contribution < 1.29 is 13.2 Å². The molecule has 1 aromatic carbocycles. The molecule has 0 bridgehead atoms. The smallest absolute Gasteiger partial charge is 0.241 e. The van der Waals surface area contributed by atoms with Crippen LogP contribution in [-0.2, 0) is 14.8 Å². The van der Waals surface area contributed by atoms with Crippen LogP contribution in [0.1, 0.15) is 54.0 Å². The summed E-state index contributed by atoms with van der Waals surface area (Å²) in [6.07, 6.45) is 2.24. The van der Waals surface area contributed by atoms with Crippen LogP contribution in [0.4, 0.5) is 0 Å². The predicted octanol–water partition coefficient (Wildman–Crippen LogP) is 2.14. The molecular weight excluding hydrogens is 362 g/mol. The monoisotopic (exact) mass is 395 g/mol. The highest BCUT2D eigenvalue weighted by Crippen LogP contribution is 2.39. The lowest BCUT2D eigenvalue weighted by Crippen LogP contribution is -2.53. The molecule has 1 fully saturated rings. The Balaban J connectivity index is 2.07. The van der Waals surface area contributed by atoms with Gasteiger partial charge in [-0.05, 0) is 88.1 Å². The molecule has 0 aliphatic heterocycles.